The van der Waals surface area contributed by atoms with Gasteiger partial charge in [-0.05, 0) is 37.1 Å². The molecule has 1 amide bonds. The molecule has 0 aromatic heterocycles. The maximum atomic E-state index is 12.3. The van der Waals surface area contributed by atoms with Gasteiger partial charge in [0.2, 0.25) is 0 Å². The zero-order valence-corrected chi connectivity index (χ0v) is 17.4. The minimum atomic E-state index is -4.75. The molecule has 0 unspecified atom stereocenters. The van der Waals surface area contributed by atoms with E-state index in [-0.39, 0.29) is 18.2 Å². The summed E-state index contributed by atoms with van der Waals surface area (Å²) in [6, 6.07) is 5.53. The molecule has 4 nitrogen and oxygen atoms in total. The lowest BCUT2D eigenvalue weighted by Crippen LogP contribution is -2.24. The van der Waals surface area contributed by atoms with Crippen molar-refractivity contribution in [2.24, 2.45) is 4.99 Å². The molecule has 1 heterocycles. The summed E-state index contributed by atoms with van der Waals surface area (Å²) in [6.07, 6.45) is 5.05. The number of benzene rings is 1. The van der Waals surface area contributed by atoms with E-state index in [1.54, 1.807) is 31.5 Å². The minimum absolute atomic E-state index is 0.101. The third kappa shape index (κ3) is 10.0. The highest BCUT2D eigenvalue weighted by Gasteiger charge is 2.31. The summed E-state index contributed by atoms with van der Waals surface area (Å²) in [5.41, 5.74) is 1.65. The summed E-state index contributed by atoms with van der Waals surface area (Å²) in [7, 11) is 0. The Labute approximate surface area is 173 Å². The second kappa shape index (κ2) is 12.9. The van der Waals surface area contributed by atoms with Crippen LogP contribution in [-0.4, -0.2) is 24.2 Å². The third-order valence-corrected chi connectivity index (χ3v) is 4.70. The average Bonchev–Trinajstić information content (AvgIpc) is 2.96. The first kappa shape index (κ1) is 24.6. The lowest BCUT2D eigenvalue weighted by molar-refractivity contribution is -0.274. The number of aliphatic imine (C=N–C) groups is 1. The summed E-state index contributed by atoms with van der Waals surface area (Å²) in [5.74, 6) is 0.0613. The SMILES string of the molecule is C/C=C(\SCC1=CC=NC=CC1)C(=O)NCc1cccc(OC(F)(F)F)c1.CC. The van der Waals surface area contributed by atoms with E-state index in [0.717, 1.165) is 12.0 Å². The molecule has 1 N–H and O–H groups in total. The molecule has 29 heavy (non-hydrogen) atoms. The number of halogens is 3. The van der Waals surface area contributed by atoms with E-state index in [1.807, 2.05) is 26.0 Å². The van der Waals surface area contributed by atoms with E-state index < -0.39 is 6.36 Å². The molecule has 1 aliphatic rings. The number of hydrogen-bond donors (Lipinski definition) is 1. The van der Waals surface area contributed by atoms with Crippen molar-refractivity contribution < 1.29 is 22.7 Å². The first-order valence-corrected chi connectivity index (χ1v) is 10.1. The predicted octanol–water partition coefficient (Wildman–Crippen LogP) is 5.78. The Balaban J connectivity index is 0.00000204. The van der Waals surface area contributed by atoms with Gasteiger partial charge in [-0.25, -0.2) is 0 Å². The van der Waals surface area contributed by atoms with Crippen LogP contribution in [0.15, 0.2) is 64.2 Å². The Morgan fingerprint density at radius 2 is 2.10 bits per heavy atom. The molecule has 0 saturated heterocycles. The largest absolute Gasteiger partial charge is 0.573 e. The number of allylic oxidation sites excluding steroid dienone is 3. The maximum Gasteiger partial charge on any atom is 0.573 e. The van der Waals surface area contributed by atoms with E-state index >= 15 is 0 Å². The van der Waals surface area contributed by atoms with Crippen LogP contribution >= 0.6 is 11.8 Å². The number of rotatable bonds is 7. The summed E-state index contributed by atoms with van der Waals surface area (Å²) < 4.78 is 40.7. The number of thioether (sulfide) groups is 1. The number of carbonyl (C=O) groups excluding carboxylic acids is 1. The van der Waals surface area contributed by atoms with Gasteiger partial charge in [0.05, 0.1) is 4.91 Å². The number of carbonyl (C=O) groups is 1. The average molecular weight is 427 g/mol. The van der Waals surface area contributed by atoms with Gasteiger partial charge in [-0.15, -0.1) is 24.9 Å². The van der Waals surface area contributed by atoms with Gasteiger partial charge < -0.3 is 10.1 Å². The van der Waals surface area contributed by atoms with Crippen LogP contribution in [-0.2, 0) is 11.3 Å². The lowest BCUT2D eigenvalue weighted by Gasteiger charge is -2.12. The van der Waals surface area contributed by atoms with Crippen LogP contribution in [0.1, 0.15) is 32.8 Å². The number of ether oxygens (including phenoxy) is 1. The van der Waals surface area contributed by atoms with Crippen molar-refractivity contribution in [1.29, 1.82) is 0 Å². The van der Waals surface area contributed by atoms with Crippen LogP contribution in [0.25, 0.3) is 0 Å². The van der Waals surface area contributed by atoms with Crippen LogP contribution in [0.4, 0.5) is 13.2 Å². The van der Waals surface area contributed by atoms with Crippen molar-refractivity contribution in [1.82, 2.24) is 5.32 Å². The normalized spacial score (nSPS) is 13.7. The summed E-state index contributed by atoms with van der Waals surface area (Å²) in [5, 5.41) is 2.72. The Hall–Kier alpha value is -2.48. The van der Waals surface area contributed by atoms with E-state index in [9.17, 15) is 18.0 Å². The fourth-order valence-corrected chi connectivity index (χ4v) is 3.14. The molecular formula is C21H25F3N2O2S. The fraction of sp³-hybridized carbons (Fsp3) is 0.333. The monoisotopic (exact) mass is 426 g/mol. The van der Waals surface area contributed by atoms with Crippen LogP contribution < -0.4 is 10.1 Å². The third-order valence-electron chi connectivity index (χ3n) is 3.45. The first-order chi connectivity index (χ1) is 13.9. The van der Waals surface area contributed by atoms with Crippen molar-refractivity contribution in [2.45, 2.75) is 40.1 Å². The molecule has 0 radical (unpaired) electrons. The van der Waals surface area contributed by atoms with E-state index in [1.165, 1.54) is 30.0 Å². The molecule has 1 aromatic rings. The van der Waals surface area contributed by atoms with Crippen LogP contribution in [0.3, 0.4) is 0 Å². The molecule has 2 rings (SSSR count). The standard InChI is InChI=1S/C19H19F3N2O2S.C2H6/c1-2-17(27-13-14-6-4-9-23-10-8-14)18(25)24-12-15-5-3-7-16(11-15)26-19(20,21)22;1-2/h2-5,7-11H,6,12-13H2,1H3,(H,24,25);1-2H3/b17-2-;. The van der Waals surface area contributed by atoms with Gasteiger partial charge in [-0.2, -0.15) is 0 Å². The molecule has 0 saturated carbocycles. The zero-order chi connectivity index (χ0) is 21.7. The van der Waals surface area contributed by atoms with Gasteiger partial charge in [-0.3, -0.25) is 9.79 Å². The molecule has 0 fully saturated rings. The number of amides is 1. The Morgan fingerprint density at radius 3 is 2.79 bits per heavy atom. The minimum Gasteiger partial charge on any atom is -0.406 e. The second-order valence-electron chi connectivity index (χ2n) is 5.53. The quantitative estimate of drug-likeness (QED) is 0.563. The Morgan fingerprint density at radius 1 is 1.34 bits per heavy atom. The van der Waals surface area contributed by atoms with E-state index in [0.29, 0.717) is 16.2 Å². The lowest BCUT2D eigenvalue weighted by atomic mass is 10.2. The molecule has 1 aliphatic heterocycles. The molecule has 1 aromatic carbocycles. The van der Waals surface area contributed by atoms with Gasteiger partial charge in [0.25, 0.3) is 5.91 Å². The zero-order valence-electron chi connectivity index (χ0n) is 16.6. The molecule has 8 heteroatoms. The highest BCUT2D eigenvalue weighted by molar-refractivity contribution is 8.04. The van der Waals surface area contributed by atoms with E-state index in [4.69, 9.17) is 0 Å². The summed E-state index contributed by atoms with van der Waals surface area (Å²) >= 11 is 1.40. The molecule has 0 bridgehead atoms. The predicted molar refractivity (Wildman–Crippen MR) is 113 cm³/mol. The number of nitrogens with zero attached hydrogens (tertiary/aromatic N) is 1. The molecule has 0 aliphatic carbocycles. The highest BCUT2D eigenvalue weighted by Crippen LogP contribution is 2.24. The fourth-order valence-electron chi connectivity index (χ4n) is 2.21. The number of nitrogens with one attached hydrogen (secondary N) is 1. The molecule has 0 atom stereocenters. The smallest absolute Gasteiger partial charge is 0.406 e. The number of hydrogen-bond acceptors (Lipinski definition) is 4. The van der Waals surface area contributed by atoms with Crippen molar-refractivity contribution in [3.8, 4) is 5.75 Å². The summed E-state index contributed by atoms with van der Waals surface area (Å²) in [4.78, 5) is 16.9. The van der Waals surface area contributed by atoms with Gasteiger partial charge >= 0.3 is 6.36 Å². The van der Waals surface area contributed by atoms with Crippen molar-refractivity contribution >= 4 is 23.9 Å². The summed E-state index contributed by atoms with van der Waals surface area (Å²) in [6.45, 7) is 5.87. The van der Waals surface area contributed by atoms with Gasteiger partial charge in [0.1, 0.15) is 5.75 Å². The second-order valence-corrected chi connectivity index (χ2v) is 6.55. The van der Waals surface area contributed by atoms with Crippen molar-refractivity contribution in [3.05, 3.63) is 64.7 Å². The molecular weight excluding hydrogens is 401 g/mol. The van der Waals surface area contributed by atoms with Gasteiger partial charge in [0, 0.05) is 24.7 Å². The van der Waals surface area contributed by atoms with Gasteiger partial charge in [0.15, 0.2) is 0 Å². The Bertz CT molecular complexity index is 784. The van der Waals surface area contributed by atoms with Gasteiger partial charge in [-0.1, -0.05) is 43.7 Å². The topological polar surface area (TPSA) is 50.7 Å². The first-order valence-electron chi connectivity index (χ1n) is 9.15. The van der Waals surface area contributed by atoms with Crippen LogP contribution in [0.5, 0.6) is 5.75 Å². The number of alkyl halides is 3. The molecule has 158 valence electrons. The van der Waals surface area contributed by atoms with Crippen molar-refractivity contribution in [2.75, 3.05) is 5.75 Å². The van der Waals surface area contributed by atoms with Crippen molar-refractivity contribution in [3.63, 3.8) is 0 Å². The Kier molecular flexibility index (Phi) is 10.9. The highest BCUT2D eigenvalue weighted by atomic mass is 32.2. The van der Waals surface area contributed by atoms with Crippen LogP contribution in [0, 0.1) is 0 Å². The van der Waals surface area contributed by atoms with Crippen LogP contribution in [0.2, 0.25) is 0 Å². The molecule has 0 spiro atoms. The maximum absolute atomic E-state index is 12.3. The van der Waals surface area contributed by atoms with E-state index in [2.05, 4.69) is 15.0 Å².